The first-order valence-electron chi connectivity index (χ1n) is 5.65. The largest absolute Gasteiger partial charge is 0.294 e. The summed E-state index contributed by atoms with van der Waals surface area (Å²) in [5.41, 5.74) is 4.19. The molecule has 0 aliphatic carbocycles. The van der Waals surface area contributed by atoms with Crippen molar-refractivity contribution in [3.8, 4) is 0 Å². The van der Waals surface area contributed by atoms with E-state index in [1.807, 2.05) is 13.8 Å². The van der Waals surface area contributed by atoms with Crippen LogP contribution in [0.1, 0.15) is 27.0 Å². The highest BCUT2D eigenvalue weighted by atomic mass is 16.1. The van der Waals surface area contributed by atoms with Crippen LogP contribution < -0.4 is 0 Å². The molecule has 17 heavy (non-hydrogen) atoms. The fourth-order valence-corrected chi connectivity index (χ4v) is 2.00. The van der Waals surface area contributed by atoms with Gasteiger partial charge in [-0.25, -0.2) is 0 Å². The molecule has 0 spiro atoms. The molecule has 2 nitrogen and oxygen atoms in total. The molecule has 0 unspecified atom stereocenters. The zero-order valence-corrected chi connectivity index (χ0v) is 10.1. The van der Waals surface area contributed by atoms with E-state index in [0.717, 1.165) is 11.1 Å². The molecule has 0 radical (unpaired) electrons. The van der Waals surface area contributed by atoms with Gasteiger partial charge in [-0.3, -0.25) is 9.78 Å². The summed E-state index contributed by atoms with van der Waals surface area (Å²) >= 11 is 0. The van der Waals surface area contributed by atoms with Crippen LogP contribution in [-0.2, 0) is 6.42 Å². The summed E-state index contributed by atoms with van der Waals surface area (Å²) in [6, 6.07) is 9.74. The van der Waals surface area contributed by atoms with Gasteiger partial charge in [0.1, 0.15) is 0 Å². The van der Waals surface area contributed by atoms with Gasteiger partial charge in [-0.05, 0) is 31.5 Å². The van der Waals surface area contributed by atoms with Crippen molar-refractivity contribution in [1.82, 2.24) is 4.98 Å². The number of rotatable bonds is 3. The number of ketones is 1. The number of benzene rings is 1. The van der Waals surface area contributed by atoms with E-state index in [2.05, 4.69) is 23.2 Å². The first-order chi connectivity index (χ1) is 8.15. The van der Waals surface area contributed by atoms with Crippen LogP contribution in [0.15, 0.2) is 42.7 Å². The Morgan fingerprint density at radius 2 is 1.65 bits per heavy atom. The van der Waals surface area contributed by atoms with E-state index in [1.54, 1.807) is 24.5 Å². The van der Waals surface area contributed by atoms with Crippen molar-refractivity contribution in [2.75, 3.05) is 0 Å². The molecule has 2 rings (SSSR count). The van der Waals surface area contributed by atoms with E-state index < -0.39 is 0 Å². The lowest BCUT2D eigenvalue weighted by Gasteiger charge is -2.04. The Hall–Kier alpha value is -1.96. The van der Waals surface area contributed by atoms with Gasteiger partial charge in [0.25, 0.3) is 0 Å². The number of aromatic nitrogens is 1. The van der Waals surface area contributed by atoms with Gasteiger partial charge in [0, 0.05) is 24.4 Å². The monoisotopic (exact) mass is 225 g/mol. The van der Waals surface area contributed by atoms with Crippen molar-refractivity contribution in [3.05, 3.63) is 65.0 Å². The Balaban J connectivity index is 2.19. The number of carbonyl (C=O) groups is 1. The van der Waals surface area contributed by atoms with Crippen LogP contribution in [0.4, 0.5) is 0 Å². The first kappa shape index (κ1) is 11.5. The fourth-order valence-electron chi connectivity index (χ4n) is 2.00. The SMILES string of the molecule is Cc1cc(C)cc(CC(=O)c2ccncc2)c1. The Morgan fingerprint density at radius 1 is 1.06 bits per heavy atom. The van der Waals surface area contributed by atoms with Crippen LogP contribution in [0, 0.1) is 13.8 Å². The number of hydrogen-bond donors (Lipinski definition) is 0. The number of aryl methyl sites for hydroxylation is 2. The van der Waals surface area contributed by atoms with Gasteiger partial charge in [-0.15, -0.1) is 0 Å². The zero-order valence-electron chi connectivity index (χ0n) is 10.1. The van der Waals surface area contributed by atoms with E-state index in [-0.39, 0.29) is 5.78 Å². The Morgan fingerprint density at radius 3 is 2.24 bits per heavy atom. The molecule has 2 aromatic rings. The summed E-state index contributed by atoms with van der Waals surface area (Å²) in [5.74, 6) is 0.136. The van der Waals surface area contributed by atoms with E-state index in [9.17, 15) is 4.79 Å². The smallest absolute Gasteiger partial charge is 0.167 e. The maximum Gasteiger partial charge on any atom is 0.167 e. The second-order valence-electron chi connectivity index (χ2n) is 4.33. The van der Waals surface area contributed by atoms with Crippen LogP contribution in [0.3, 0.4) is 0 Å². The lowest BCUT2D eigenvalue weighted by molar-refractivity contribution is 0.0993. The molecule has 0 amide bonds. The van der Waals surface area contributed by atoms with E-state index in [0.29, 0.717) is 6.42 Å². The molecule has 0 atom stereocenters. The van der Waals surface area contributed by atoms with Gasteiger partial charge in [0.2, 0.25) is 0 Å². The van der Waals surface area contributed by atoms with Crippen LogP contribution in [-0.4, -0.2) is 10.8 Å². The van der Waals surface area contributed by atoms with E-state index in [4.69, 9.17) is 0 Å². The molecule has 0 N–H and O–H groups in total. The number of pyridine rings is 1. The number of nitrogens with zero attached hydrogens (tertiary/aromatic N) is 1. The van der Waals surface area contributed by atoms with Crippen molar-refractivity contribution < 1.29 is 4.79 Å². The third-order valence-corrected chi connectivity index (χ3v) is 2.65. The maximum absolute atomic E-state index is 12.0. The summed E-state index contributed by atoms with van der Waals surface area (Å²) < 4.78 is 0. The van der Waals surface area contributed by atoms with Gasteiger partial charge in [0.15, 0.2) is 5.78 Å². The number of hydrogen-bond acceptors (Lipinski definition) is 2. The minimum absolute atomic E-state index is 0.136. The molecule has 1 aromatic carbocycles. The molecular weight excluding hydrogens is 210 g/mol. The molecule has 86 valence electrons. The van der Waals surface area contributed by atoms with Gasteiger partial charge < -0.3 is 0 Å². The molecule has 1 heterocycles. The lowest BCUT2D eigenvalue weighted by Crippen LogP contribution is -2.04. The highest BCUT2D eigenvalue weighted by molar-refractivity contribution is 5.97. The van der Waals surface area contributed by atoms with Gasteiger partial charge >= 0.3 is 0 Å². The first-order valence-corrected chi connectivity index (χ1v) is 5.65. The minimum atomic E-state index is 0.136. The molecular formula is C15H15NO. The Bertz CT molecular complexity index is 512. The second kappa shape index (κ2) is 4.91. The van der Waals surface area contributed by atoms with Gasteiger partial charge in [-0.1, -0.05) is 29.3 Å². The Kier molecular flexibility index (Phi) is 3.33. The minimum Gasteiger partial charge on any atom is -0.294 e. The standard InChI is InChI=1S/C15H15NO/c1-11-7-12(2)9-13(8-11)10-15(17)14-3-5-16-6-4-14/h3-9H,10H2,1-2H3. The average molecular weight is 225 g/mol. The summed E-state index contributed by atoms with van der Waals surface area (Å²) in [6.07, 6.45) is 3.75. The second-order valence-corrected chi connectivity index (χ2v) is 4.33. The summed E-state index contributed by atoms with van der Waals surface area (Å²) in [5, 5.41) is 0. The van der Waals surface area contributed by atoms with Crippen LogP contribution in [0.5, 0.6) is 0 Å². The quantitative estimate of drug-likeness (QED) is 0.751. The van der Waals surface area contributed by atoms with Crippen molar-refractivity contribution in [3.63, 3.8) is 0 Å². The topological polar surface area (TPSA) is 30.0 Å². The molecule has 0 bridgehead atoms. The fraction of sp³-hybridized carbons (Fsp3) is 0.200. The van der Waals surface area contributed by atoms with Gasteiger partial charge in [0.05, 0.1) is 0 Å². The Labute approximate surface area is 101 Å². The third-order valence-electron chi connectivity index (χ3n) is 2.65. The van der Waals surface area contributed by atoms with E-state index in [1.165, 1.54) is 11.1 Å². The molecule has 0 aliphatic heterocycles. The van der Waals surface area contributed by atoms with Crippen molar-refractivity contribution in [2.24, 2.45) is 0 Å². The zero-order chi connectivity index (χ0) is 12.3. The molecule has 0 fully saturated rings. The predicted molar refractivity (Wildman–Crippen MR) is 68.2 cm³/mol. The highest BCUT2D eigenvalue weighted by Gasteiger charge is 2.07. The average Bonchev–Trinajstić information content (AvgIpc) is 2.28. The molecule has 0 aliphatic rings. The molecule has 1 aromatic heterocycles. The van der Waals surface area contributed by atoms with Crippen LogP contribution in [0.2, 0.25) is 0 Å². The normalized spacial score (nSPS) is 10.2. The summed E-state index contributed by atoms with van der Waals surface area (Å²) in [7, 11) is 0. The molecule has 0 saturated carbocycles. The van der Waals surface area contributed by atoms with Crippen molar-refractivity contribution in [2.45, 2.75) is 20.3 Å². The number of carbonyl (C=O) groups excluding carboxylic acids is 1. The van der Waals surface area contributed by atoms with Crippen molar-refractivity contribution >= 4 is 5.78 Å². The highest BCUT2D eigenvalue weighted by Crippen LogP contribution is 2.12. The maximum atomic E-state index is 12.0. The predicted octanol–water partition coefficient (Wildman–Crippen LogP) is 3.12. The summed E-state index contributed by atoms with van der Waals surface area (Å²) in [6.45, 7) is 4.10. The van der Waals surface area contributed by atoms with Gasteiger partial charge in [-0.2, -0.15) is 0 Å². The molecule has 0 saturated heterocycles. The van der Waals surface area contributed by atoms with E-state index >= 15 is 0 Å². The lowest BCUT2D eigenvalue weighted by atomic mass is 10.0. The van der Waals surface area contributed by atoms with Crippen LogP contribution >= 0.6 is 0 Å². The summed E-state index contributed by atoms with van der Waals surface area (Å²) in [4.78, 5) is 15.9. The van der Waals surface area contributed by atoms with Crippen molar-refractivity contribution in [1.29, 1.82) is 0 Å². The van der Waals surface area contributed by atoms with Crippen LogP contribution in [0.25, 0.3) is 0 Å². The third kappa shape index (κ3) is 3.00. The molecule has 2 heteroatoms. The number of Topliss-reactive ketones (excluding diaryl/α,β-unsaturated/α-hetero) is 1.